The highest BCUT2D eigenvalue weighted by Gasteiger charge is 2.52. The molecule has 3 heteroatoms. The van der Waals surface area contributed by atoms with E-state index in [-0.39, 0.29) is 6.10 Å². The van der Waals surface area contributed by atoms with Gasteiger partial charge in [0.1, 0.15) is 0 Å². The standard InChI is InChI=1S/C15H25NO2/c1-18-13-7-6-10-15(17,11-13)14(12-16)8-4-2-3-5-9-14/h13,17H,2-11H2,1H3. The highest BCUT2D eigenvalue weighted by molar-refractivity contribution is 5.13. The Morgan fingerprint density at radius 2 is 1.78 bits per heavy atom. The first-order valence-electron chi connectivity index (χ1n) is 7.32. The van der Waals surface area contributed by atoms with Gasteiger partial charge in [0.05, 0.1) is 23.2 Å². The van der Waals surface area contributed by atoms with Gasteiger partial charge in [-0.15, -0.1) is 0 Å². The minimum Gasteiger partial charge on any atom is -0.388 e. The van der Waals surface area contributed by atoms with Gasteiger partial charge in [0, 0.05) is 13.5 Å². The average molecular weight is 251 g/mol. The minimum atomic E-state index is -0.828. The van der Waals surface area contributed by atoms with E-state index in [1.165, 1.54) is 12.8 Å². The van der Waals surface area contributed by atoms with Crippen molar-refractivity contribution in [3.8, 4) is 6.07 Å². The molecule has 2 aliphatic rings. The fourth-order valence-electron chi connectivity index (χ4n) is 3.85. The number of methoxy groups -OCH3 is 1. The van der Waals surface area contributed by atoms with Crippen molar-refractivity contribution in [1.82, 2.24) is 0 Å². The first kappa shape index (κ1) is 13.8. The first-order valence-corrected chi connectivity index (χ1v) is 7.32. The van der Waals surface area contributed by atoms with Crippen LogP contribution in [0.15, 0.2) is 0 Å². The maximum atomic E-state index is 11.1. The SMILES string of the molecule is COC1CCCC(O)(C2(C#N)CCCCCC2)C1. The van der Waals surface area contributed by atoms with Gasteiger partial charge < -0.3 is 9.84 Å². The lowest BCUT2D eigenvalue weighted by Gasteiger charge is -2.46. The molecule has 0 heterocycles. The summed E-state index contributed by atoms with van der Waals surface area (Å²) in [5.41, 5.74) is -1.36. The van der Waals surface area contributed by atoms with E-state index in [1.807, 2.05) is 0 Å². The molecule has 0 aromatic carbocycles. The summed E-state index contributed by atoms with van der Waals surface area (Å²) < 4.78 is 5.43. The Morgan fingerprint density at radius 1 is 1.11 bits per heavy atom. The molecule has 0 aromatic rings. The lowest BCUT2D eigenvalue weighted by Crippen LogP contribution is -2.51. The van der Waals surface area contributed by atoms with E-state index in [0.29, 0.717) is 6.42 Å². The summed E-state index contributed by atoms with van der Waals surface area (Å²) in [4.78, 5) is 0. The molecular formula is C15H25NO2. The molecule has 0 aromatic heterocycles. The zero-order valence-corrected chi connectivity index (χ0v) is 11.5. The second-order valence-electron chi connectivity index (χ2n) is 6.09. The van der Waals surface area contributed by atoms with Gasteiger partial charge in [0.15, 0.2) is 0 Å². The third-order valence-electron chi connectivity index (χ3n) is 5.08. The van der Waals surface area contributed by atoms with Crippen LogP contribution in [-0.4, -0.2) is 23.9 Å². The maximum Gasteiger partial charge on any atom is 0.0861 e. The van der Waals surface area contributed by atoms with Crippen LogP contribution < -0.4 is 0 Å². The number of aliphatic hydroxyl groups is 1. The molecule has 2 atom stereocenters. The maximum absolute atomic E-state index is 11.1. The summed E-state index contributed by atoms with van der Waals surface area (Å²) >= 11 is 0. The molecule has 18 heavy (non-hydrogen) atoms. The van der Waals surface area contributed by atoms with E-state index in [1.54, 1.807) is 7.11 Å². The molecule has 2 rings (SSSR count). The molecule has 1 N–H and O–H groups in total. The second-order valence-corrected chi connectivity index (χ2v) is 6.09. The largest absolute Gasteiger partial charge is 0.388 e. The molecule has 2 fully saturated rings. The Labute approximate surface area is 110 Å². The molecule has 2 saturated carbocycles. The van der Waals surface area contributed by atoms with Crippen LogP contribution in [0.5, 0.6) is 0 Å². The van der Waals surface area contributed by atoms with Crippen LogP contribution in [0, 0.1) is 16.7 Å². The van der Waals surface area contributed by atoms with Gasteiger partial charge in [-0.2, -0.15) is 5.26 Å². The average Bonchev–Trinajstić information content (AvgIpc) is 2.65. The van der Waals surface area contributed by atoms with Crippen molar-refractivity contribution in [1.29, 1.82) is 5.26 Å². The van der Waals surface area contributed by atoms with Gasteiger partial charge in [-0.05, 0) is 32.1 Å². The quantitative estimate of drug-likeness (QED) is 0.767. The molecule has 0 amide bonds. The molecule has 2 unspecified atom stereocenters. The highest BCUT2D eigenvalue weighted by atomic mass is 16.5. The number of nitriles is 1. The van der Waals surface area contributed by atoms with E-state index < -0.39 is 11.0 Å². The third-order valence-corrected chi connectivity index (χ3v) is 5.08. The molecule has 0 aliphatic heterocycles. The molecular weight excluding hydrogens is 226 g/mol. The molecule has 3 nitrogen and oxygen atoms in total. The Morgan fingerprint density at radius 3 is 2.33 bits per heavy atom. The van der Waals surface area contributed by atoms with E-state index in [0.717, 1.165) is 44.9 Å². The zero-order valence-electron chi connectivity index (χ0n) is 11.5. The normalized spacial score (nSPS) is 36.6. The number of nitrogens with zero attached hydrogens (tertiary/aromatic N) is 1. The fourth-order valence-corrected chi connectivity index (χ4v) is 3.85. The zero-order chi connectivity index (χ0) is 13.1. The van der Waals surface area contributed by atoms with E-state index in [2.05, 4.69) is 6.07 Å². The number of ether oxygens (including phenoxy) is 1. The summed E-state index contributed by atoms with van der Waals surface area (Å²) in [5.74, 6) is 0. The van der Waals surface area contributed by atoms with E-state index in [9.17, 15) is 10.4 Å². The smallest absolute Gasteiger partial charge is 0.0861 e. The predicted octanol–water partition coefficient (Wildman–Crippen LogP) is 3.17. The lowest BCUT2D eigenvalue weighted by atomic mass is 9.61. The van der Waals surface area contributed by atoms with Crippen molar-refractivity contribution in [3.63, 3.8) is 0 Å². The monoisotopic (exact) mass is 251 g/mol. The second kappa shape index (κ2) is 5.59. The van der Waals surface area contributed by atoms with Crippen LogP contribution in [0.3, 0.4) is 0 Å². The van der Waals surface area contributed by atoms with E-state index >= 15 is 0 Å². The summed E-state index contributed by atoms with van der Waals surface area (Å²) in [7, 11) is 1.71. The molecule has 0 radical (unpaired) electrons. The highest BCUT2D eigenvalue weighted by Crippen LogP contribution is 2.50. The summed E-state index contributed by atoms with van der Waals surface area (Å²) in [6.07, 6.45) is 9.78. The summed E-state index contributed by atoms with van der Waals surface area (Å²) in [5, 5.41) is 20.8. The molecule has 0 spiro atoms. The van der Waals surface area contributed by atoms with Crippen molar-refractivity contribution in [3.05, 3.63) is 0 Å². The van der Waals surface area contributed by atoms with Gasteiger partial charge in [-0.3, -0.25) is 0 Å². The van der Waals surface area contributed by atoms with Crippen molar-refractivity contribution < 1.29 is 9.84 Å². The van der Waals surface area contributed by atoms with Crippen molar-refractivity contribution in [2.24, 2.45) is 5.41 Å². The molecule has 102 valence electrons. The van der Waals surface area contributed by atoms with Gasteiger partial charge >= 0.3 is 0 Å². The Balaban J connectivity index is 2.21. The van der Waals surface area contributed by atoms with Crippen molar-refractivity contribution in [2.75, 3.05) is 7.11 Å². The van der Waals surface area contributed by atoms with Gasteiger partial charge in [-0.1, -0.05) is 25.7 Å². The van der Waals surface area contributed by atoms with Crippen molar-refractivity contribution in [2.45, 2.75) is 75.9 Å². The first-order chi connectivity index (χ1) is 8.66. The number of hydrogen-bond donors (Lipinski definition) is 1. The predicted molar refractivity (Wildman–Crippen MR) is 70.0 cm³/mol. The third kappa shape index (κ3) is 2.41. The van der Waals surface area contributed by atoms with Crippen LogP contribution in [-0.2, 0) is 4.74 Å². The number of hydrogen-bond acceptors (Lipinski definition) is 3. The Hall–Kier alpha value is -0.590. The van der Waals surface area contributed by atoms with Crippen LogP contribution in [0.2, 0.25) is 0 Å². The Kier molecular flexibility index (Phi) is 4.29. The molecule has 0 bridgehead atoms. The number of rotatable bonds is 2. The summed E-state index contributed by atoms with van der Waals surface area (Å²) in [6.45, 7) is 0. The molecule has 0 saturated heterocycles. The van der Waals surface area contributed by atoms with Gasteiger partial charge in [-0.25, -0.2) is 0 Å². The van der Waals surface area contributed by atoms with Gasteiger partial charge in [0.2, 0.25) is 0 Å². The van der Waals surface area contributed by atoms with Crippen LogP contribution in [0.25, 0.3) is 0 Å². The topological polar surface area (TPSA) is 53.2 Å². The van der Waals surface area contributed by atoms with Crippen LogP contribution in [0.4, 0.5) is 0 Å². The Bertz CT molecular complexity index is 315. The van der Waals surface area contributed by atoms with Crippen molar-refractivity contribution >= 4 is 0 Å². The molecule has 2 aliphatic carbocycles. The lowest BCUT2D eigenvalue weighted by molar-refractivity contribution is -0.124. The van der Waals surface area contributed by atoms with E-state index in [4.69, 9.17) is 4.74 Å². The van der Waals surface area contributed by atoms with Crippen LogP contribution in [0.1, 0.15) is 64.2 Å². The summed E-state index contributed by atoms with van der Waals surface area (Å²) in [6, 6.07) is 2.51. The van der Waals surface area contributed by atoms with Crippen LogP contribution >= 0.6 is 0 Å². The van der Waals surface area contributed by atoms with Gasteiger partial charge in [0.25, 0.3) is 0 Å². The fraction of sp³-hybridized carbons (Fsp3) is 0.933. The minimum absolute atomic E-state index is 0.122.